The van der Waals surface area contributed by atoms with Crippen LogP contribution in [0.4, 0.5) is 0 Å². The Labute approximate surface area is 185 Å². The van der Waals surface area contributed by atoms with Crippen LogP contribution < -0.4 is 9.47 Å². The van der Waals surface area contributed by atoms with Gasteiger partial charge < -0.3 is 14.4 Å². The number of nitrogens with zero attached hydrogens (tertiary/aromatic N) is 1. The van der Waals surface area contributed by atoms with Gasteiger partial charge in [0, 0.05) is 20.0 Å². The van der Waals surface area contributed by atoms with E-state index in [4.69, 9.17) is 9.47 Å². The lowest BCUT2D eigenvalue weighted by Crippen LogP contribution is -2.30. The predicted octanol–water partition coefficient (Wildman–Crippen LogP) is 5.47. The molecular formula is C27H31NO3. The zero-order valence-corrected chi connectivity index (χ0v) is 18.6. The van der Waals surface area contributed by atoms with Gasteiger partial charge in [0.05, 0.1) is 14.2 Å². The number of rotatable bonds is 10. The summed E-state index contributed by atoms with van der Waals surface area (Å²) in [6, 6.07) is 26.7. The van der Waals surface area contributed by atoms with Crippen molar-refractivity contribution < 1.29 is 14.3 Å². The van der Waals surface area contributed by atoms with Crippen LogP contribution >= 0.6 is 0 Å². The SMILES string of the molecule is COc1ccc(CN(CCC(Cc2ccccc2)c2ccc(OC)cc2)C(C)=O)cc1. The second-order valence-electron chi connectivity index (χ2n) is 7.74. The first-order chi connectivity index (χ1) is 15.1. The predicted molar refractivity (Wildman–Crippen MR) is 125 cm³/mol. The Morgan fingerprint density at radius 2 is 1.39 bits per heavy atom. The monoisotopic (exact) mass is 417 g/mol. The van der Waals surface area contributed by atoms with Crippen molar-refractivity contribution in [2.75, 3.05) is 20.8 Å². The van der Waals surface area contributed by atoms with Gasteiger partial charge >= 0.3 is 0 Å². The summed E-state index contributed by atoms with van der Waals surface area (Å²) in [4.78, 5) is 14.3. The first kappa shape index (κ1) is 22.4. The maximum absolute atomic E-state index is 12.3. The average Bonchev–Trinajstić information content (AvgIpc) is 2.81. The van der Waals surface area contributed by atoms with Crippen LogP contribution in [0.15, 0.2) is 78.9 Å². The quantitative estimate of drug-likeness (QED) is 0.439. The van der Waals surface area contributed by atoms with E-state index in [1.54, 1.807) is 21.1 Å². The zero-order chi connectivity index (χ0) is 22.1. The maximum atomic E-state index is 12.3. The topological polar surface area (TPSA) is 38.8 Å². The molecule has 0 aliphatic carbocycles. The Morgan fingerprint density at radius 1 is 0.806 bits per heavy atom. The molecule has 1 unspecified atom stereocenters. The van der Waals surface area contributed by atoms with E-state index >= 15 is 0 Å². The normalized spacial score (nSPS) is 11.6. The van der Waals surface area contributed by atoms with Gasteiger partial charge in [-0.2, -0.15) is 0 Å². The highest BCUT2D eigenvalue weighted by Gasteiger charge is 2.17. The third-order valence-electron chi connectivity index (χ3n) is 5.64. The fourth-order valence-electron chi connectivity index (χ4n) is 3.77. The van der Waals surface area contributed by atoms with Gasteiger partial charge in [0.15, 0.2) is 0 Å². The summed E-state index contributed by atoms with van der Waals surface area (Å²) in [6.07, 6.45) is 1.82. The molecule has 0 aliphatic heterocycles. The average molecular weight is 418 g/mol. The summed E-state index contributed by atoms with van der Waals surface area (Å²) >= 11 is 0. The Bertz CT molecular complexity index is 936. The molecule has 0 bridgehead atoms. The molecule has 0 fully saturated rings. The van der Waals surface area contributed by atoms with Crippen molar-refractivity contribution in [3.63, 3.8) is 0 Å². The number of hydrogen-bond donors (Lipinski definition) is 0. The molecule has 3 aromatic rings. The lowest BCUT2D eigenvalue weighted by molar-refractivity contribution is -0.129. The molecule has 4 heteroatoms. The van der Waals surface area contributed by atoms with Gasteiger partial charge in [-0.05, 0) is 59.7 Å². The maximum Gasteiger partial charge on any atom is 0.219 e. The number of carbonyl (C=O) groups excluding carboxylic acids is 1. The van der Waals surface area contributed by atoms with Gasteiger partial charge in [-0.15, -0.1) is 0 Å². The fraction of sp³-hybridized carbons (Fsp3) is 0.296. The van der Waals surface area contributed by atoms with Gasteiger partial charge in [-0.1, -0.05) is 54.6 Å². The van der Waals surface area contributed by atoms with Crippen molar-refractivity contribution in [3.05, 3.63) is 95.6 Å². The summed E-state index contributed by atoms with van der Waals surface area (Å²) in [6.45, 7) is 2.94. The first-order valence-corrected chi connectivity index (χ1v) is 10.7. The summed E-state index contributed by atoms with van der Waals surface area (Å²) < 4.78 is 10.6. The van der Waals surface area contributed by atoms with Crippen molar-refractivity contribution >= 4 is 5.91 Å². The lowest BCUT2D eigenvalue weighted by atomic mass is 9.89. The van der Waals surface area contributed by atoms with E-state index in [0.29, 0.717) is 19.0 Å². The van der Waals surface area contributed by atoms with Crippen LogP contribution in [-0.4, -0.2) is 31.6 Å². The molecule has 4 nitrogen and oxygen atoms in total. The summed E-state index contributed by atoms with van der Waals surface area (Å²) in [5, 5.41) is 0. The largest absolute Gasteiger partial charge is 0.497 e. The second-order valence-corrected chi connectivity index (χ2v) is 7.74. The molecule has 0 spiro atoms. The molecular weight excluding hydrogens is 386 g/mol. The second kappa shape index (κ2) is 11.2. The van der Waals surface area contributed by atoms with Crippen LogP contribution in [0.3, 0.4) is 0 Å². The molecule has 3 aromatic carbocycles. The van der Waals surface area contributed by atoms with Crippen LogP contribution in [0.25, 0.3) is 0 Å². The van der Waals surface area contributed by atoms with Crippen LogP contribution in [0.1, 0.15) is 36.0 Å². The number of methoxy groups -OCH3 is 2. The van der Waals surface area contributed by atoms with E-state index in [1.807, 2.05) is 47.4 Å². The van der Waals surface area contributed by atoms with Gasteiger partial charge in [0.1, 0.15) is 11.5 Å². The van der Waals surface area contributed by atoms with E-state index in [1.165, 1.54) is 11.1 Å². The molecule has 31 heavy (non-hydrogen) atoms. The Morgan fingerprint density at radius 3 is 1.94 bits per heavy atom. The number of hydrogen-bond acceptors (Lipinski definition) is 3. The third kappa shape index (κ3) is 6.61. The number of amides is 1. The van der Waals surface area contributed by atoms with Crippen LogP contribution in [0.2, 0.25) is 0 Å². The highest BCUT2D eigenvalue weighted by molar-refractivity contribution is 5.73. The smallest absolute Gasteiger partial charge is 0.219 e. The molecule has 0 heterocycles. The summed E-state index contributed by atoms with van der Waals surface area (Å²) in [7, 11) is 3.34. The van der Waals surface area contributed by atoms with E-state index in [-0.39, 0.29) is 5.91 Å². The highest BCUT2D eigenvalue weighted by Crippen LogP contribution is 2.27. The van der Waals surface area contributed by atoms with Gasteiger partial charge in [-0.25, -0.2) is 0 Å². The fourth-order valence-corrected chi connectivity index (χ4v) is 3.77. The molecule has 0 saturated carbocycles. The Balaban J connectivity index is 1.73. The molecule has 0 radical (unpaired) electrons. The number of benzene rings is 3. The lowest BCUT2D eigenvalue weighted by Gasteiger charge is -2.25. The molecule has 0 aliphatic rings. The summed E-state index contributed by atoms with van der Waals surface area (Å²) in [5.74, 6) is 2.07. The zero-order valence-electron chi connectivity index (χ0n) is 18.6. The molecule has 1 amide bonds. The van der Waals surface area contributed by atoms with E-state index in [0.717, 1.165) is 29.9 Å². The molecule has 162 valence electrons. The van der Waals surface area contributed by atoms with Crippen LogP contribution in [0.5, 0.6) is 11.5 Å². The van der Waals surface area contributed by atoms with E-state index < -0.39 is 0 Å². The van der Waals surface area contributed by atoms with Crippen molar-refractivity contribution in [1.82, 2.24) is 4.90 Å². The van der Waals surface area contributed by atoms with Crippen molar-refractivity contribution in [2.45, 2.75) is 32.2 Å². The molecule has 0 N–H and O–H groups in total. The Kier molecular flexibility index (Phi) is 8.11. The molecule has 1 atom stereocenters. The summed E-state index contributed by atoms with van der Waals surface area (Å²) in [5.41, 5.74) is 3.66. The van der Waals surface area contributed by atoms with Crippen molar-refractivity contribution in [1.29, 1.82) is 0 Å². The van der Waals surface area contributed by atoms with Crippen molar-refractivity contribution in [2.24, 2.45) is 0 Å². The van der Waals surface area contributed by atoms with Crippen LogP contribution in [-0.2, 0) is 17.8 Å². The minimum absolute atomic E-state index is 0.0870. The molecule has 3 rings (SSSR count). The number of carbonyl (C=O) groups is 1. The minimum atomic E-state index is 0.0870. The third-order valence-corrected chi connectivity index (χ3v) is 5.64. The van der Waals surface area contributed by atoms with Gasteiger partial charge in [0.2, 0.25) is 5.91 Å². The van der Waals surface area contributed by atoms with Crippen LogP contribution in [0, 0.1) is 0 Å². The van der Waals surface area contributed by atoms with Crippen molar-refractivity contribution in [3.8, 4) is 11.5 Å². The number of ether oxygens (including phenoxy) is 2. The minimum Gasteiger partial charge on any atom is -0.497 e. The standard InChI is InChI=1S/C27H31NO3/c1-21(29)28(20-23-9-13-26(30-2)14-10-23)18-17-25(19-22-7-5-4-6-8-22)24-11-15-27(31-3)16-12-24/h4-16,25H,17-20H2,1-3H3. The highest BCUT2D eigenvalue weighted by atomic mass is 16.5. The van der Waals surface area contributed by atoms with Gasteiger partial charge in [-0.3, -0.25) is 4.79 Å². The van der Waals surface area contributed by atoms with E-state index in [9.17, 15) is 4.79 Å². The molecule has 0 saturated heterocycles. The Hall–Kier alpha value is -3.27. The first-order valence-electron chi connectivity index (χ1n) is 10.7. The van der Waals surface area contributed by atoms with E-state index in [2.05, 4.69) is 36.4 Å². The molecule has 0 aromatic heterocycles. The van der Waals surface area contributed by atoms with Gasteiger partial charge in [0.25, 0.3) is 0 Å².